The first-order valence-corrected chi connectivity index (χ1v) is 8.76. The molecule has 1 fully saturated rings. The lowest BCUT2D eigenvalue weighted by Crippen LogP contribution is -2.54. The molecule has 1 aromatic rings. The fraction of sp³-hybridized carbons (Fsp3) is 0.579. The van der Waals surface area contributed by atoms with E-state index in [4.69, 9.17) is 5.26 Å². The van der Waals surface area contributed by atoms with Crippen LogP contribution < -0.4 is 10.6 Å². The summed E-state index contributed by atoms with van der Waals surface area (Å²) in [5.41, 5.74) is -1.47. The number of benzene rings is 1. The van der Waals surface area contributed by atoms with Crippen molar-refractivity contribution in [1.29, 1.82) is 5.26 Å². The van der Waals surface area contributed by atoms with Crippen molar-refractivity contribution in [2.75, 3.05) is 6.54 Å². The average Bonchev–Trinajstić information content (AvgIpc) is 2.77. The number of rotatable bonds is 7. The first kappa shape index (κ1) is 21.2. The minimum atomic E-state index is -4.19. The summed E-state index contributed by atoms with van der Waals surface area (Å²) in [7, 11) is 0. The van der Waals surface area contributed by atoms with Crippen LogP contribution in [0.2, 0.25) is 0 Å². The molecule has 1 atom stereocenters. The van der Waals surface area contributed by atoms with Gasteiger partial charge in [0, 0.05) is 12.8 Å². The van der Waals surface area contributed by atoms with Gasteiger partial charge in [0.05, 0.1) is 17.6 Å². The lowest BCUT2D eigenvalue weighted by atomic mass is 9.85. The molecule has 2 N–H and O–H groups in total. The van der Waals surface area contributed by atoms with Crippen LogP contribution in [0, 0.1) is 17.2 Å². The largest absolute Gasteiger partial charge is 0.342 e. The number of hydrogen-bond acceptors (Lipinski definition) is 3. The maximum atomic E-state index is 14.1. The second kappa shape index (κ2) is 7.85. The van der Waals surface area contributed by atoms with Crippen LogP contribution in [0.4, 0.5) is 17.6 Å². The van der Waals surface area contributed by atoms with Crippen molar-refractivity contribution in [3.63, 3.8) is 0 Å². The van der Waals surface area contributed by atoms with E-state index >= 15 is 0 Å². The number of carbonyl (C=O) groups is 1. The van der Waals surface area contributed by atoms with E-state index in [1.807, 2.05) is 13.8 Å². The Morgan fingerprint density at radius 2 is 1.70 bits per heavy atom. The third kappa shape index (κ3) is 4.59. The summed E-state index contributed by atoms with van der Waals surface area (Å²) in [6.07, 6.45) is -1.97. The van der Waals surface area contributed by atoms with Gasteiger partial charge in [-0.3, -0.25) is 10.1 Å². The molecule has 0 heterocycles. The Morgan fingerprint density at radius 1 is 1.15 bits per heavy atom. The second-order valence-corrected chi connectivity index (χ2v) is 7.41. The van der Waals surface area contributed by atoms with Crippen molar-refractivity contribution < 1.29 is 22.4 Å². The molecule has 1 aromatic carbocycles. The van der Waals surface area contributed by atoms with Crippen LogP contribution in [0.1, 0.15) is 38.7 Å². The van der Waals surface area contributed by atoms with Gasteiger partial charge in [0.2, 0.25) is 5.91 Å². The van der Waals surface area contributed by atoms with Gasteiger partial charge < -0.3 is 5.32 Å². The molecule has 1 aliphatic carbocycles. The lowest BCUT2D eigenvalue weighted by Gasteiger charge is -2.35. The van der Waals surface area contributed by atoms with Crippen molar-refractivity contribution in [1.82, 2.24) is 10.6 Å². The third-order valence-electron chi connectivity index (χ3n) is 4.72. The maximum Gasteiger partial charge on any atom is 0.312 e. The van der Waals surface area contributed by atoms with Crippen LogP contribution in [0.3, 0.4) is 0 Å². The molecule has 27 heavy (non-hydrogen) atoms. The Morgan fingerprint density at radius 3 is 2.19 bits per heavy atom. The van der Waals surface area contributed by atoms with Gasteiger partial charge in [-0.2, -0.15) is 22.8 Å². The predicted octanol–water partition coefficient (Wildman–Crippen LogP) is 3.59. The zero-order valence-electron chi connectivity index (χ0n) is 15.2. The number of nitrogens with one attached hydrogen (secondary N) is 2. The molecule has 1 saturated carbocycles. The van der Waals surface area contributed by atoms with E-state index in [0.717, 1.165) is 0 Å². The van der Waals surface area contributed by atoms with Crippen molar-refractivity contribution in [2.24, 2.45) is 5.92 Å². The van der Waals surface area contributed by atoms with E-state index in [2.05, 4.69) is 10.6 Å². The topological polar surface area (TPSA) is 64.9 Å². The Labute approximate surface area is 155 Å². The Bertz CT molecular complexity index is 685. The zero-order valence-corrected chi connectivity index (χ0v) is 15.2. The molecule has 0 spiro atoms. The summed E-state index contributed by atoms with van der Waals surface area (Å²) in [6, 6.07) is 8.62. The number of nitriles is 1. The standard InChI is InChI=1S/C19H23F4N3O/c1-13(2)10-15(16(27)25-9-8-24)26-17(14-6-4-3-5-7-14)11-18(20,21)19(22,23)12-17/h3-7,13,15,26H,9-12H2,1-2H3,(H,25,27)/t15-/m0/s1. The highest BCUT2D eigenvalue weighted by molar-refractivity contribution is 5.82. The quantitative estimate of drug-likeness (QED) is 0.557. The van der Waals surface area contributed by atoms with E-state index in [0.29, 0.717) is 0 Å². The SMILES string of the molecule is CC(C)C[C@H](NC1(c2ccccc2)CC(F)(F)C(F)(F)C1)C(=O)NCC#N. The number of hydrogen-bond donors (Lipinski definition) is 2. The third-order valence-corrected chi connectivity index (χ3v) is 4.72. The maximum absolute atomic E-state index is 14.1. The van der Waals surface area contributed by atoms with Gasteiger partial charge in [-0.1, -0.05) is 44.2 Å². The van der Waals surface area contributed by atoms with Crippen LogP contribution >= 0.6 is 0 Å². The van der Waals surface area contributed by atoms with Crippen molar-refractivity contribution >= 4 is 5.91 Å². The molecule has 0 saturated heterocycles. The van der Waals surface area contributed by atoms with Crippen LogP contribution in [-0.2, 0) is 10.3 Å². The molecule has 0 aliphatic heterocycles. The van der Waals surface area contributed by atoms with Gasteiger partial charge in [0.15, 0.2) is 0 Å². The zero-order chi connectivity index (χ0) is 20.3. The van der Waals surface area contributed by atoms with Crippen molar-refractivity contribution in [3.05, 3.63) is 35.9 Å². The Kier molecular flexibility index (Phi) is 6.15. The first-order valence-electron chi connectivity index (χ1n) is 8.76. The molecule has 0 aromatic heterocycles. The highest BCUT2D eigenvalue weighted by Crippen LogP contribution is 2.56. The van der Waals surface area contributed by atoms with Crippen LogP contribution in [-0.4, -0.2) is 30.3 Å². The summed E-state index contributed by atoms with van der Waals surface area (Å²) in [4.78, 5) is 12.4. The molecule has 2 rings (SSSR count). The molecule has 1 amide bonds. The average molecular weight is 385 g/mol. The van der Waals surface area contributed by atoms with E-state index in [-0.39, 0.29) is 24.4 Å². The number of nitrogens with zero attached hydrogens (tertiary/aromatic N) is 1. The summed E-state index contributed by atoms with van der Waals surface area (Å²) >= 11 is 0. The lowest BCUT2D eigenvalue weighted by molar-refractivity contribution is -0.185. The molecule has 0 radical (unpaired) electrons. The predicted molar refractivity (Wildman–Crippen MR) is 92.2 cm³/mol. The molecule has 0 bridgehead atoms. The smallest absolute Gasteiger partial charge is 0.312 e. The Balaban J connectivity index is 2.42. The minimum Gasteiger partial charge on any atom is -0.342 e. The highest BCUT2D eigenvalue weighted by Gasteiger charge is 2.69. The van der Waals surface area contributed by atoms with Gasteiger partial charge >= 0.3 is 11.8 Å². The fourth-order valence-electron chi connectivity index (χ4n) is 3.51. The molecule has 1 aliphatic rings. The van der Waals surface area contributed by atoms with Gasteiger partial charge in [-0.05, 0) is 17.9 Å². The van der Waals surface area contributed by atoms with Crippen LogP contribution in [0.15, 0.2) is 30.3 Å². The summed E-state index contributed by atoms with van der Waals surface area (Å²) in [5.74, 6) is -8.95. The fourth-order valence-corrected chi connectivity index (χ4v) is 3.51. The molecular weight excluding hydrogens is 362 g/mol. The second-order valence-electron chi connectivity index (χ2n) is 7.41. The van der Waals surface area contributed by atoms with Gasteiger partial charge in [-0.15, -0.1) is 0 Å². The molecular formula is C19H23F4N3O. The highest BCUT2D eigenvalue weighted by atomic mass is 19.3. The Hall–Kier alpha value is -2.14. The first-order chi connectivity index (χ1) is 12.5. The summed E-state index contributed by atoms with van der Waals surface area (Å²) < 4.78 is 56.3. The van der Waals surface area contributed by atoms with Crippen molar-refractivity contribution in [2.45, 2.75) is 56.5 Å². The van der Waals surface area contributed by atoms with Gasteiger partial charge in [0.1, 0.15) is 6.54 Å². The van der Waals surface area contributed by atoms with Gasteiger partial charge in [0.25, 0.3) is 0 Å². The number of halogens is 4. The molecule has 4 nitrogen and oxygen atoms in total. The minimum absolute atomic E-state index is 0.00517. The molecule has 8 heteroatoms. The summed E-state index contributed by atoms with van der Waals surface area (Å²) in [5, 5.41) is 13.8. The van der Waals surface area contributed by atoms with E-state index in [1.54, 1.807) is 24.3 Å². The molecule has 148 valence electrons. The number of amides is 1. The number of alkyl halides is 4. The van der Waals surface area contributed by atoms with E-state index < -0.39 is 42.2 Å². The van der Waals surface area contributed by atoms with Crippen LogP contribution in [0.5, 0.6) is 0 Å². The monoisotopic (exact) mass is 385 g/mol. The molecule has 0 unspecified atom stereocenters. The van der Waals surface area contributed by atoms with Crippen molar-refractivity contribution in [3.8, 4) is 6.07 Å². The van der Waals surface area contributed by atoms with Crippen LogP contribution in [0.25, 0.3) is 0 Å². The van der Waals surface area contributed by atoms with Gasteiger partial charge in [-0.25, -0.2) is 0 Å². The normalized spacial score (nSPS) is 20.8. The van der Waals surface area contributed by atoms with E-state index in [1.165, 1.54) is 12.1 Å². The number of carbonyl (C=O) groups excluding carboxylic acids is 1. The van der Waals surface area contributed by atoms with E-state index in [9.17, 15) is 22.4 Å². The summed E-state index contributed by atoms with van der Waals surface area (Å²) in [6.45, 7) is 3.42.